The number of carbonyl (C=O) groups excluding carboxylic acids is 1. The molecule has 0 aromatic heterocycles. The molecule has 0 unspecified atom stereocenters. The Labute approximate surface area is 85.2 Å². The molecule has 1 amide bonds. The van der Waals surface area contributed by atoms with Crippen LogP contribution in [-0.4, -0.2) is 24.6 Å². The summed E-state index contributed by atoms with van der Waals surface area (Å²) in [4.78, 5) is 11.0. The van der Waals surface area contributed by atoms with Gasteiger partial charge in [0.1, 0.15) is 5.82 Å². The van der Waals surface area contributed by atoms with E-state index in [1.807, 2.05) is 0 Å². The lowest BCUT2D eigenvalue weighted by Gasteiger charge is -2.11. The number of hydrogen-bond donors (Lipinski definition) is 1. The number of halogens is 2. The first-order valence-corrected chi connectivity index (χ1v) is 4.10. The monoisotopic (exact) mass is 216 g/mol. The molecule has 0 bridgehead atoms. The first kappa shape index (κ1) is 11.4. The van der Waals surface area contributed by atoms with Crippen molar-refractivity contribution in [3.8, 4) is 5.75 Å². The summed E-state index contributed by atoms with van der Waals surface area (Å²) in [5.41, 5.74) is 0. The van der Waals surface area contributed by atoms with Crippen LogP contribution < -0.4 is 10.6 Å². The van der Waals surface area contributed by atoms with Crippen molar-refractivity contribution in [1.29, 1.82) is 0 Å². The molecule has 0 radical (unpaired) electrons. The summed E-state index contributed by atoms with van der Waals surface area (Å²) < 4.78 is 30.3. The smallest absolute Gasteiger partial charge is 0.274 e. The highest BCUT2D eigenvalue weighted by atomic mass is 19.1. The summed E-state index contributed by atoms with van der Waals surface area (Å²) in [6.45, 7) is -0.393. The topological polar surface area (TPSA) is 55.6 Å². The van der Waals surface area contributed by atoms with Gasteiger partial charge in [0, 0.05) is 13.1 Å². The summed E-state index contributed by atoms with van der Waals surface area (Å²) in [6, 6.07) is 2.81. The van der Waals surface area contributed by atoms with Gasteiger partial charge < -0.3 is 4.74 Å². The predicted octanol–water partition coefficient (Wildman–Crippen LogP) is 0.676. The lowest BCUT2D eigenvalue weighted by molar-refractivity contribution is -0.132. The van der Waals surface area contributed by atoms with Crippen LogP contribution in [0.3, 0.4) is 0 Å². The quantitative estimate of drug-likeness (QED) is 0.459. The minimum atomic E-state index is -0.859. The number of nitrogens with zero attached hydrogens (tertiary/aromatic N) is 1. The average molecular weight is 216 g/mol. The molecule has 0 saturated carbocycles. The van der Waals surface area contributed by atoms with E-state index in [1.165, 1.54) is 7.05 Å². The molecule has 0 fully saturated rings. The Morgan fingerprint density at radius 1 is 1.53 bits per heavy atom. The van der Waals surface area contributed by atoms with Gasteiger partial charge in [-0.05, 0) is 12.1 Å². The number of rotatable bonds is 3. The number of hydrazine groups is 1. The second kappa shape index (κ2) is 4.70. The number of carbonyl (C=O) groups is 1. The fraction of sp³-hybridized carbons (Fsp3) is 0.222. The molecule has 6 heteroatoms. The van der Waals surface area contributed by atoms with E-state index in [9.17, 15) is 13.6 Å². The normalized spacial score (nSPS) is 9.87. The van der Waals surface area contributed by atoms with Crippen molar-refractivity contribution in [2.45, 2.75) is 0 Å². The van der Waals surface area contributed by atoms with Gasteiger partial charge in [-0.15, -0.1) is 0 Å². The predicted molar refractivity (Wildman–Crippen MR) is 48.8 cm³/mol. The molecule has 0 spiro atoms. The van der Waals surface area contributed by atoms with E-state index in [-0.39, 0.29) is 5.75 Å². The summed E-state index contributed by atoms with van der Waals surface area (Å²) >= 11 is 0. The number of nitrogens with two attached hydrogens (primary N) is 1. The van der Waals surface area contributed by atoms with Gasteiger partial charge in [-0.1, -0.05) is 0 Å². The number of benzene rings is 1. The highest BCUT2D eigenvalue weighted by molar-refractivity contribution is 5.76. The molecule has 0 aliphatic carbocycles. The van der Waals surface area contributed by atoms with Crippen molar-refractivity contribution in [3.63, 3.8) is 0 Å². The fourth-order valence-electron chi connectivity index (χ4n) is 0.834. The van der Waals surface area contributed by atoms with Gasteiger partial charge in [0.05, 0.1) is 0 Å². The van der Waals surface area contributed by atoms with E-state index in [2.05, 4.69) is 0 Å². The Balaban J connectivity index is 2.62. The lowest BCUT2D eigenvalue weighted by Crippen LogP contribution is -2.36. The second-order valence-electron chi connectivity index (χ2n) is 2.87. The molecule has 1 aromatic rings. The molecule has 0 saturated heterocycles. The van der Waals surface area contributed by atoms with E-state index < -0.39 is 24.1 Å². The van der Waals surface area contributed by atoms with Gasteiger partial charge in [0.25, 0.3) is 5.91 Å². The number of likely N-dealkylation sites (N-methyl/N-ethyl adjacent to an activating group) is 1. The van der Waals surface area contributed by atoms with Crippen LogP contribution in [0, 0.1) is 11.6 Å². The SMILES string of the molecule is CN(N)C(=O)COc1ccc(F)cc1F. The molecule has 15 heavy (non-hydrogen) atoms. The van der Waals surface area contributed by atoms with Gasteiger partial charge in [-0.3, -0.25) is 9.80 Å². The zero-order valence-electron chi connectivity index (χ0n) is 8.04. The molecular weight excluding hydrogens is 206 g/mol. The van der Waals surface area contributed by atoms with Crippen molar-refractivity contribution in [2.24, 2.45) is 5.84 Å². The second-order valence-corrected chi connectivity index (χ2v) is 2.87. The van der Waals surface area contributed by atoms with Gasteiger partial charge in [-0.2, -0.15) is 0 Å². The van der Waals surface area contributed by atoms with E-state index in [0.29, 0.717) is 6.07 Å². The third kappa shape index (κ3) is 3.17. The number of ether oxygens (including phenoxy) is 1. The molecular formula is C9H10F2N2O2. The third-order valence-corrected chi connectivity index (χ3v) is 1.64. The average Bonchev–Trinajstić information content (AvgIpc) is 2.15. The number of amides is 1. The van der Waals surface area contributed by atoms with Gasteiger partial charge in [-0.25, -0.2) is 14.6 Å². The van der Waals surface area contributed by atoms with Crippen molar-refractivity contribution in [3.05, 3.63) is 29.8 Å². The van der Waals surface area contributed by atoms with Crippen molar-refractivity contribution in [1.82, 2.24) is 5.01 Å². The summed E-state index contributed by atoms with van der Waals surface area (Å²) in [6.07, 6.45) is 0. The molecule has 0 aliphatic rings. The minimum Gasteiger partial charge on any atom is -0.481 e. The van der Waals surface area contributed by atoms with E-state index in [1.54, 1.807) is 0 Å². The first-order valence-electron chi connectivity index (χ1n) is 4.10. The van der Waals surface area contributed by atoms with Gasteiger partial charge in [0.15, 0.2) is 18.2 Å². The first-order chi connectivity index (χ1) is 7.00. The summed E-state index contributed by atoms with van der Waals surface area (Å²) in [7, 11) is 1.34. The van der Waals surface area contributed by atoms with Crippen LogP contribution in [0.2, 0.25) is 0 Å². The standard InChI is InChI=1S/C9H10F2N2O2/c1-13(12)9(14)5-15-8-3-2-6(10)4-7(8)11/h2-4H,5,12H2,1H3. The van der Waals surface area contributed by atoms with Gasteiger partial charge in [0.2, 0.25) is 0 Å². The Morgan fingerprint density at radius 2 is 2.20 bits per heavy atom. The van der Waals surface area contributed by atoms with Crippen LogP contribution in [-0.2, 0) is 4.79 Å². The van der Waals surface area contributed by atoms with E-state index >= 15 is 0 Å². The third-order valence-electron chi connectivity index (χ3n) is 1.64. The maximum Gasteiger partial charge on any atom is 0.274 e. The zero-order chi connectivity index (χ0) is 11.4. The molecule has 0 heterocycles. The Kier molecular flexibility index (Phi) is 3.56. The summed E-state index contributed by atoms with van der Waals surface area (Å²) in [5.74, 6) is 2.84. The molecule has 82 valence electrons. The molecule has 1 rings (SSSR count). The van der Waals surface area contributed by atoms with Crippen LogP contribution in [0.25, 0.3) is 0 Å². The molecule has 0 aliphatic heterocycles. The van der Waals surface area contributed by atoms with Crippen LogP contribution in [0.1, 0.15) is 0 Å². The van der Waals surface area contributed by atoms with Crippen molar-refractivity contribution >= 4 is 5.91 Å². The highest BCUT2D eigenvalue weighted by Gasteiger charge is 2.09. The van der Waals surface area contributed by atoms with Crippen LogP contribution in [0.5, 0.6) is 5.75 Å². The van der Waals surface area contributed by atoms with Crippen LogP contribution in [0.4, 0.5) is 8.78 Å². The highest BCUT2D eigenvalue weighted by Crippen LogP contribution is 2.17. The van der Waals surface area contributed by atoms with Crippen LogP contribution >= 0.6 is 0 Å². The van der Waals surface area contributed by atoms with E-state index in [4.69, 9.17) is 10.6 Å². The molecule has 2 N–H and O–H groups in total. The summed E-state index contributed by atoms with van der Waals surface area (Å²) in [5, 5.41) is 0.821. The maximum atomic E-state index is 13.0. The Hall–Kier alpha value is -1.69. The maximum absolute atomic E-state index is 13.0. The molecule has 4 nitrogen and oxygen atoms in total. The molecule has 0 atom stereocenters. The van der Waals surface area contributed by atoms with Crippen molar-refractivity contribution in [2.75, 3.05) is 13.7 Å². The van der Waals surface area contributed by atoms with Gasteiger partial charge >= 0.3 is 0 Å². The Morgan fingerprint density at radius 3 is 2.73 bits per heavy atom. The van der Waals surface area contributed by atoms with Crippen LogP contribution in [0.15, 0.2) is 18.2 Å². The minimum absolute atomic E-state index is 0.188. The molecule has 1 aromatic carbocycles. The largest absolute Gasteiger partial charge is 0.481 e. The van der Waals surface area contributed by atoms with E-state index in [0.717, 1.165) is 17.1 Å². The van der Waals surface area contributed by atoms with Crippen molar-refractivity contribution < 1.29 is 18.3 Å². The lowest BCUT2D eigenvalue weighted by atomic mass is 10.3. The zero-order valence-corrected chi connectivity index (χ0v) is 8.04. The fourth-order valence-corrected chi connectivity index (χ4v) is 0.834. The Bertz CT molecular complexity index is 369. The number of hydrogen-bond acceptors (Lipinski definition) is 3.